The predicted octanol–water partition coefficient (Wildman–Crippen LogP) is 3.73. The average Bonchev–Trinajstić information content (AvgIpc) is 3.04. The Labute approximate surface area is 140 Å². The van der Waals surface area contributed by atoms with Crippen molar-refractivity contribution in [1.29, 1.82) is 0 Å². The van der Waals surface area contributed by atoms with E-state index in [1.807, 2.05) is 31.2 Å². The van der Waals surface area contributed by atoms with Gasteiger partial charge in [0.2, 0.25) is 17.6 Å². The number of nitrogens with zero attached hydrogens (tertiary/aromatic N) is 3. The first-order valence-electron chi connectivity index (χ1n) is 7.91. The molecule has 23 heavy (non-hydrogen) atoms. The van der Waals surface area contributed by atoms with E-state index in [2.05, 4.69) is 10.1 Å². The maximum atomic E-state index is 12.3. The zero-order valence-corrected chi connectivity index (χ0v) is 14.1. The van der Waals surface area contributed by atoms with Crippen LogP contribution in [0.4, 0.5) is 0 Å². The molecule has 1 saturated heterocycles. The van der Waals surface area contributed by atoms with Crippen molar-refractivity contribution >= 4 is 17.5 Å². The van der Waals surface area contributed by atoms with Gasteiger partial charge in [-0.3, -0.25) is 4.79 Å². The molecule has 122 valence electrons. The van der Waals surface area contributed by atoms with E-state index in [1.54, 1.807) is 11.8 Å². The monoisotopic (exact) mass is 333 g/mol. The molecule has 2 atom stereocenters. The molecule has 1 fully saturated rings. The molecule has 1 aliphatic rings. The molecule has 5 nitrogen and oxygen atoms in total. The quantitative estimate of drug-likeness (QED) is 0.803. The third kappa shape index (κ3) is 3.39. The predicted molar refractivity (Wildman–Crippen MR) is 88.1 cm³/mol. The van der Waals surface area contributed by atoms with Crippen molar-refractivity contribution in [2.24, 2.45) is 0 Å². The maximum absolute atomic E-state index is 12.3. The number of hydrogen-bond acceptors (Lipinski definition) is 4. The zero-order valence-electron chi connectivity index (χ0n) is 13.3. The van der Waals surface area contributed by atoms with Crippen LogP contribution >= 0.6 is 11.6 Å². The molecule has 0 saturated carbocycles. The van der Waals surface area contributed by atoms with Crippen molar-refractivity contribution in [3.05, 3.63) is 35.7 Å². The summed E-state index contributed by atoms with van der Waals surface area (Å²) in [6.07, 6.45) is 2.84. The van der Waals surface area contributed by atoms with Crippen LogP contribution < -0.4 is 0 Å². The van der Waals surface area contributed by atoms with Crippen LogP contribution in [-0.2, 0) is 4.79 Å². The molecular weight excluding hydrogens is 314 g/mol. The zero-order chi connectivity index (χ0) is 16.4. The molecule has 1 aromatic carbocycles. The molecule has 0 aliphatic carbocycles. The van der Waals surface area contributed by atoms with Gasteiger partial charge < -0.3 is 9.42 Å². The van der Waals surface area contributed by atoms with E-state index in [1.165, 1.54) is 0 Å². The molecule has 6 heteroatoms. The normalized spacial score (nSPS) is 19.6. The summed E-state index contributed by atoms with van der Waals surface area (Å²) in [5.41, 5.74) is 2.05. The third-order valence-electron chi connectivity index (χ3n) is 4.13. The summed E-state index contributed by atoms with van der Waals surface area (Å²) < 4.78 is 5.46. The van der Waals surface area contributed by atoms with Crippen LogP contribution in [0, 0.1) is 6.92 Å². The fourth-order valence-corrected chi connectivity index (χ4v) is 3.08. The summed E-state index contributed by atoms with van der Waals surface area (Å²) in [5, 5.41) is 3.54. The van der Waals surface area contributed by atoms with Crippen LogP contribution in [0.5, 0.6) is 0 Å². The minimum Gasteiger partial charge on any atom is -0.337 e. The minimum atomic E-state index is -0.547. The second kappa shape index (κ2) is 6.71. The molecular formula is C17H20ClN3O2. The minimum absolute atomic E-state index is 0.0772. The van der Waals surface area contributed by atoms with Gasteiger partial charge in [-0.05, 0) is 39.2 Å². The van der Waals surface area contributed by atoms with Gasteiger partial charge in [-0.25, -0.2) is 0 Å². The summed E-state index contributed by atoms with van der Waals surface area (Å²) in [5.74, 6) is 0.971. The number of piperidine rings is 1. The van der Waals surface area contributed by atoms with Crippen molar-refractivity contribution < 1.29 is 9.32 Å². The Kier molecular flexibility index (Phi) is 4.66. The maximum Gasteiger partial charge on any atom is 0.249 e. The van der Waals surface area contributed by atoms with Crippen molar-refractivity contribution in [3.8, 4) is 11.4 Å². The van der Waals surface area contributed by atoms with Gasteiger partial charge in [-0.15, -0.1) is 11.6 Å². The standard InChI is InChI=1S/C17H20ClN3O2/c1-11-6-5-7-13(10-11)15-19-16(23-20-15)14-8-3-4-9-21(14)17(22)12(2)18/h5-7,10,12,14H,3-4,8-9H2,1-2H3/t12-,14-/m1/s1. The highest BCUT2D eigenvalue weighted by molar-refractivity contribution is 6.30. The lowest BCUT2D eigenvalue weighted by Crippen LogP contribution is -2.41. The fourth-order valence-electron chi connectivity index (χ4n) is 2.95. The van der Waals surface area contributed by atoms with E-state index in [-0.39, 0.29) is 11.9 Å². The van der Waals surface area contributed by atoms with Gasteiger partial charge in [-0.1, -0.05) is 28.9 Å². The van der Waals surface area contributed by atoms with E-state index >= 15 is 0 Å². The smallest absolute Gasteiger partial charge is 0.249 e. The molecule has 1 aliphatic heterocycles. The Morgan fingerprint density at radius 3 is 3.00 bits per heavy atom. The fraction of sp³-hybridized carbons (Fsp3) is 0.471. The van der Waals surface area contributed by atoms with Gasteiger partial charge in [0.25, 0.3) is 0 Å². The number of rotatable bonds is 3. The molecule has 1 aromatic heterocycles. The number of aromatic nitrogens is 2. The van der Waals surface area contributed by atoms with Gasteiger partial charge in [0.05, 0.1) is 0 Å². The van der Waals surface area contributed by atoms with Crippen molar-refractivity contribution in [2.75, 3.05) is 6.54 Å². The molecule has 0 N–H and O–H groups in total. The Morgan fingerprint density at radius 2 is 2.26 bits per heavy atom. The van der Waals surface area contributed by atoms with Gasteiger partial charge >= 0.3 is 0 Å². The summed E-state index contributed by atoms with van der Waals surface area (Å²) in [6.45, 7) is 4.40. The Morgan fingerprint density at radius 1 is 1.43 bits per heavy atom. The van der Waals surface area contributed by atoms with Crippen molar-refractivity contribution in [1.82, 2.24) is 15.0 Å². The molecule has 0 spiro atoms. The second-order valence-electron chi connectivity index (χ2n) is 5.98. The van der Waals surface area contributed by atoms with Gasteiger partial charge in [0, 0.05) is 12.1 Å². The number of hydrogen-bond donors (Lipinski definition) is 0. The lowest BCUT2D eigenvalue weighted by atomic mass is 10.0. The molecule has 0 radical (unpaired) electrons. The lowest BCUT2D eigenvalue weighted by molar-refractivity contribution is -0.135. The van der Waals surface area contributed by atoms with Crippen molar-refractivity contribution in [3.63, 3.8) is 0 Å². The van der Waals surface area contributed by atoms with Gasteiger partial charge in [0.15, 0.2) is 0 Å². The summed E-state index contributed by atoms with van der Waals surface area (Å²) in [4.78, 5) is 18.6. The molecule has 0 bridgehead atoms. The van der Waals surface area contributed by atoms with E-state index in [0.717, 1.165) is 30.4 Å². The van der Waals surface area contributed by atoms with Gasteiger partial charge in [-0.2, -0.15) is 4.98 Å². The first-order valence-corrected chi connectivity index (χ1v) is 8.35. The van der Waals surface area contributed by atoms with Crippen LogP contribution in [-0.4, -0.2) is 32.9 Å². The number of carbonyl (C=O) groups is 1. The van der Waals surface area contributed by atoms with Crippen LogP contribution in [0.3, 0.4) is 0 Å². The highest BCUT2D eigenvalue weighted by atomic mass is 35.5. The summed E-state index contributed by atoms with van der Waals surface area (Å²) in [6, 6.07) is 7.77. The number of benzene rings is 1. The Hall–Kier alpha value is -1.88. The number of likely N-dealkylation sites (tertiary alicyclic amines) is 1. The average molecular weight is 334 g/mol. The molecule has 0 unspecified atom stereocenters. The van der Waals surface area contributed by atoms with Crippen LogP contribution in [0.15, 0.2) is 28.8 Å². The van der Waals surface area contributed by atoms with Crippen LogP contribution in [0.2, 0.25) is 0 Å². The Balaban J connectivity index is 1.87. The van der Waals surface area contributed by atoms with Crippen molar-refractivity contribution in [2.45, 2.75) is 44.5 Å². The number of amides is 1. The molecule has 1 amide bonds. The largest absolute Gasteiger partial charge is 0.337 e. The van der Waals surface area contributed by atoms with E-state index < -0.39 is 5.38 Å². The first-order chi connectivity index (χ1) is 11.1. The summed E-state index contributed by atoms with van der Waals surface area (Å²) in [7, 11) is 0. The SMILES string of the molecule is Cc1cccc(-c2noc([C@H]3CCCCN3C(=O)[C@@H](C)Cl)n2)c1. The number of carbonyl (C=O) groups excluding carboxylic acids is 1. The third-order valence-corrected chi connectivity index (χ3v) is 4.32. The van der Waals surface area contributed by atoms with E-state index in [4.69, 9.17) is 16.1 Å². The van der Waals surface area contributed by atoms with Gasteiger partial charge in [0.1, 0.15) is 11.4 Å². The van der Waals surface area contributed by atoms with Crippen LogP contribution in [0.25, 0.3) is 11.4 Å². The van der Waals surface area contributed by atoms with E-state index in [9.17, 15) is 4.79 Å². The molecule has 2 heterocycles. The molecule has 2 aromatic rings. The highest BCUT2D eigenvalue weighted by Gasteiger charge is 2.33. The number of alkyl halides is 1. The van der Waals surface area contributed by atoms with E-state index in [0.29, 0.717) is 18.3 Å². The summed E-state index contributed by atoms with van der Waals surface area (Å²) >= 11 is 5.97. The number of aryl methyl sites for hydroxylation is 1. The highest BCUT2D eigenvalue weighted by Crippen LogP contribution is 2.32. The first kappa shape index (κ1) is 16.0. The molecule has 3 rings (SSSR count). The second-order valence-corrected chi connectivity index (χ2v) is 6.64. The van der Waals surface area contributed by atoms with Crippen LogP contribution in [0.1, 0.15) is 43.7 Å². The Bertz CT molecular complexity index is 699. The topological polar surface area (TPSA) is 59.2 Å². The number of halogens is 1. The lowest BCUT2D eigenvalue weighted by Gasteiger charge is -2.34.